The van der Waals surface area contributed by atoms with Gasteiger partial charge in [-0.15, -0.1) is 0 Å². The summed E-state index contributed by atoms with van der Waals surface area (Å²) in [4.78, 5) is 20.6. The zero-order valence-corrected chi connectivity index (χ0v) is 17.8. The molecule has 164 valence electrons. The zero-order chi connectivity index (χ0) is 22.5. The van der Waals surface area contributed by atoms with Gasteiger partial charge in [0.25, 0.3) is 5.91 Å². The van der Waals surface area contributed by atoms with E-state index in [0.717, 1.165) is 29.8 Å². The summed E-state index contributed by atoms with van der Waals surface area (Å²) >= 11 is 0. The van der Waals surface area contributed by atoms with E-state index >= 15 is 0 Å². The monoisotopic (exact) mass is 426 g/mol. The first kappa shape index (κ1) is 22.2. The molecule has 9 heteroatoms. The molecular formula is C22H27FN6O2. The number of benzene rings is 1. The average molecular weight is 426 g/mol. The molecule has 8 nitrogen and oxygen atoms in total. The Morgan fingerprint density at radius 2 is 2.03 bits per heavy atom. The standard InChI is InChI=1S/C22H27FN6O2/c1-4-5-18(12(2)24)28-22-17(23)10-16(20(25)30)21(29-22)27-14-8-13-9-15(31-3)6-7-19(13)26-11-14/h6-12,18H,4-5,24H2,1-3H3,(H2,25,30)(H2,27,28,29)/t12-,18+/m0/s1. The van der Waals surface area contributed by atoms with Crippen molar-refractivity contribution in [3.8, 4) is 5.75 Å². The van der Waals surface area contributed by atoms with Crippen molar-refractivity contribution in [2.24, 2.45) is 11.5 Å². The summed E-state index contributed by atoms with van der Waals surface area (Å²) < 4.78 is 19.9. The first-order chi connectivity index (χ1) is 14.8. The van der Waals surface area contributed by atoms with E-state index in [9.17, 15) is 9.18 Å². The lowest BCUT2D eigenvalue weighted by Gasteiger charge is -2.23. The number of rotatable bonds is 9. The zero-order valence-electron chi connectivity index (χ0n) is 17.8. The molecule has 1 amide bonds. The number of anilines is 3. The maximum atomic E-state index is 14.7. The Kier molecular flexibility index (Phi) is 6.86. The number of nitrogens with two attached hydrogens (primary N) is 2. The number of carbonyl (C=O) groups excluding carboxylic acids is 1. The van der Waals surface area contributed by atoms with Gasteiger partial charge in [0.05, 0.1) is 30.1 Å². The van der Waals surface area contributed by atoms with Crippen molar-refractivity contribution < 1.29 is 13.9 Å². The molecule has 0 aliphatic carbocycles. The molecule has 2 atom stereocenters. The molecule has 0 saturated carbocycles. The summed E-state index contributed by atoms with van der Waals surface area (Å²) in [5.41, 5.74) is 12.7. The van der Waals surface area contributed by atoms with Gasteiger partial charge in [-0.25, -0.2) is 9.37 Å². The molecule has 0 bridgehead atoms. The van der Waals surface area contributed by atoms with E-state index in [1.807, 2.05) is 38.1 Å². The summed E-state index contributed by atoms with van der Waals surface area (Å²) in [6.45, 7) is 3.86. The lowest BCUT2D eigenvalue weighted by atomic mass is 10.1. The van der Waals surface area contributed by atoms with E-state index < -0.39 is 11.7 Å². The molecule has 0 aliphatic heterocycles. The Bertz CT molecular complexity index is 1090. The Labute approximate surface area is 180 Å². The molecule has 0 radical (unpaired) electrons. The number of aromatic nitrogens is 2. The van der Waals surface area contributed by atoms with Gasteiger partial charge >= 0.3 is 0 Å². The van der Waals surface area contributed by atoms with Crippen molar-refractivity contribution in [1.82, 2.24) is 9.97 Å². The van der Waals surface area contributed by atoms with Crippen LogP contribution < -0.4 is 26.8 Å². The van der Waals surface area contributed by atoms with Crippen LogP contribution in [0.25, 0.3) is 10.9 Å². The number of carbonyl (C=O) groups is 1. The highest BCUT2D eigenvalue weighted by molar-refractivity contribution is 5.99. The van der Waals surface area contributed by atoms with Crippen molar-refractivity contribution in [3.63, 3.8) is 0 Å². The van der Waals surface area contributed by atoms with Gasteiger partial charge in [0, 0.05) is 17.5 Å². The normalized spacial score (nSPS) is 12.9. The van der Waals surface area contributed by atoms with Crippen LogP contribution in [-0.4, -0.2) is 35.1 Å². The van der Waals surface area contributed by atoms with Crippen LogP contribution in [0.3, 0.4) is 0 Å². The van der Waals surface area contributed by atoms with Gasteiger partial charge in [-0.3, -0.25) is 9.78 Å². The number of amides is 1. The summed E-state index contributed by atoms with van der Waals surface area (Å²) in [6, 6.07) is 8.01. The highest BCUT2D eigenvalue weighted by Crippen LogP contribution is 2.27. The second-order valence-electron chi connectivity index (χ2n) is 7.39. The van der Waals surface area contributed by atoms with E-state index in [1.165, 1.54) is 0 Å². The van der Waals surface area contributed by atoms with E-state index in [0.29, 0.717) is 11.4 Å². The minimum absolute atomic E-state index is 0.00123. The average Bonchev–Trinajstić information content (AvgIpc) is 2.74. The summed E-state index contributed by atoms with van der Waals surface area (Å²) in [6.07, 6.45) is 3.21. The molecule has 0 fully saturated rings. The molecule has 0 spiro atoms. The molecule has 1 aromatic carbocycles. The number of pyridine rings is 2. The minimum Gasteiger partial charge on any atom is -0.497 e. The number of methoxy groups -OCH3 is 1. The van der Waals surface area contributed by atoms with Crippen LogP contribution in [-0.2, 0) is 0 Å². The van der Waals surface area contributed by atoms with Crippen LogP contribution in [0, 0.1) is 5.82 Å². The molecule has 31 heavy (non-hydrogen) atoms. The molecule has 3 aromatic rings. The number of hydrogen-bond donors (Lipinski definition) is 4. The smallest absolute Gasteiger partial charge is 0.252 e. The molecule has 0 saturated heterocycles. The van der Waals surface area contributed by atoms with Gasteiger partial charge in [0.2, 0.25) is 0 Å². The quantitative estimate of drug-likeness (QED) is 0.412. The third-order valence-corrected chi connectivity index (χ3v) is 4.95. The molecule has 3 rings (SSSR count). The van der Waals surface area contributed by atoms with E-state index in [2.05, 4.69) is 20.6 Å². The second kappa shape index (κ2) is 9.57. The van der Waals surface area contributed by atoms with Crippen molar-refractivity contribution in [3.05, 3.63) is 47.9 Å². The highest BCUT2D eigenvalue weighted by atomic mass is 19.1. The van der Waals surface area contributed by atoms with Crippen LogP contribution in [0.4, 0.5) is 21.7 Å². The Hall–Kier alpha value is -3.46. The fourth-order valence-electron chi connectivity index (χ4n) is 3.27. The van der Waals surface area contributed by atoms with Crippen molar-refractivity contribution in [2.75, 3.05) is 17.7 Å². The summed E-state index contributed by atoms with van der Waals surface area (Å²) in [7, 11) is 1.58. The topological polar surface area (TPSA) is 128 Å². The fraction of sp³-hybridized carbons (Fsp3) is 0.318. The maximum absolute atomic E-state index is 14.7. The predicted octanol–water partition coefficient (Wildman–Crippen LogP) is 3.55. The molecule has 6 N–H and O–H groups in total. The van der Waals surface area contributed by atoms with E-state index in [-0.39, 0.29) is 29.3 Å². The number of nitrogens with one attached hydrogen (secondary N) is 2. The van der Waals surface area contributed by atoms with Gasteiger partial charge in [-0.05, 0) is 43.7 Å². The maximum Gasteiger partial charge on any atom is 0.252 e. The highest BCUT2D eigenvalue weighted by Gasteiger charge is 2.20. The molecular weight excluding hydrogens is 399 g/mol. The number of ether oxygens (including phenoxy) is 1. The lowest BCUT2D eigenvalue weighted by Crippen LogP contribution is -2.38. The number of fused-ring (bicyclic) bond motifs is 1. The van der Waals surface area contributed by atoms with Crippen LogP contribution in [0.5, 0.6) is 5.75 Å². The van der Waals surface area contributed by atoms with Gasteiger partial charge < -0.3 is 26.8 Å². The SMILES string of the molecule is CCC[C@@H](Nc1nc(Nc2cnc3ccc(OC)cc3c2)c(C(N)=O)cc1F)[C@H](C)N. The fourth-order valence-corrected chi connectivity index (χ4v) is 3.27. The Balaban J connectivity index is 1.98. The van der Waals surface area contributed by atoms with Crippen molar-refractivity contribution in [1.29, 1.82) is 0 Å². The van der Waals surface area contributed by atoms with E-state index in [1.54, 1.807) is 13.3 Å². The van der Waals surface area contributed by atoms with Crippen LogP contribution in [0.15, 0.2) is 36.5 Å². The Morgan fingerprint density at radius 3 is 2.68 bits per heavy atom. The number of halogens is 1. The number of nitrogens with zero attached hydrogens (tertiary/aromatic N) is 2. The number of primary amides is 1. The van der Waals surface area contributed by atoms with E-state index in [4.69, 9.17) is 16.2 Å². The third kappa shape index (κ3) is 5.18. The van der Waals surface area contributed by atoms with Gasteiger partial charge in [0.15, 0.2) is 11.6 Å². The first-order valence-electron chi connectivity index (χ1n) is 10.1. The second-order valence-corrected chi connectivity index (χ2v) is 7.39. The first-order valence-corrected chi connectivity index (χ1v) is 10.1. The van der Waals surface area contributed by atoms with Crippen LogP contribution >= 0.6 is 0 Å². The third-order valence-electron chi connectivity index (χ3n) is 4.95. The minimum atomic E-state index is -0.798. The number of hydrogen-bond acceptors (Lipinski definition) is 7. The molecule has 0 unspecified atom stereocenters. The van der Waals surface area contributed by atoms with Gasteiger partial charge in [-0.1, -0.05) is 13.3 Å². The molecule has 2 aromatic heterocycles. The van der Waals surface area contributed by atoms with Crippen LogP contribution in [0.1, 0.15) is 37.0 Å². The van der Waals surface area contributed by atoms with Gasteiger partial charge in [0.1, 0.15) is 11.6 Å². The summed E-state index contributed by atoms with van der Waals surface area (Å²) in [5.74, 6) is -0.664. The molecule has 2 heterocycles. The summed E-state index contributed by atoms with van der Waals surface area (Å²) in [5, 5.41) is 6.91. The molecule has 0 aliphatic rings. The van der Waals surface area contributed by atoms with Crippen molar-refractivity contribution >= 4 is 34.1 Å². The van der Waals surface area contributed by atoms with Crippen molar-refractivity contribution in [2.45, 2.75) is 38.8 Å². The van der Waals surface area contributed by atoms with Crippen LogP contribution in [0.2, 0.25) is 0 Å². The largest absolute Gasteiger partial charge is 0.497 e. The predicted molar refractivity (Wildman–Crippen MR) is 120 cm³/mol. The van der Waals surface area contributed by atoms with Gasteiger partial charge in [-0.2, -0.15) is 0 Å². The lowest BCUT2D eigenvalue weighted by molar-refractivity contribution is 0.100. The Morgan fingerprint density at radius 1 is 1.26 bits per heavy atom.